The first-order valence-electron chi connectivity index (χ1n) is 8.95. The molecule has 0 heterocycles. The zero-order valence-electron chi connectivity index (χ0n) is 16.7. The molecule has 0 spiro atoms. The van der Waals surface area contributed by atoms with Crippen molar-refractivity contribution in [2.45, 2.75) is 25.8 Å². The van der Waals surface area contributed by atoms with Crippen LogP contribution in [-0.4, -0.2) is 44.5 Å². The van der Waals surface area contributed by atoms with Gasteiger partial charge in [-0.3, -0.25) is 9.59 Å². The van der Waals surface area contributed by atoms with E-state index in [0.29, 0.717) is 6.54 Å². The van der Waals surface area contributed by atoms with E-state index in [1.54, 1.807) is 25.8 Å². The van der Waals surface area contributed by atoms with Crippen LogP contribution in [0.5, 0.6) is 0 Å². The van der Waals surface area contributed by atoms with Gasteiger partial charge in [-0.05, 0) is 37.1 Å². The normalized spacial score (nSPS) is 11.0. The maximum atomic E-state index is 12.5. The molecule has 0 aliphatic carbocycles. The van der Waals surface area contributed by atoms with Gasteiger partial charge in [0.2, 0.25) is 0 Å². The van der Waals surface area contributed by atoms with Gasteiger partial charge in [-0.1, -0.05) is 42.5 Å². The number of carbonyl (C=O) groups is 2. The molecular formula is C22H28N2O3. The third-order valence-electron chi connectivity index (χ3n) is 4.63. The molecule has 27 heavy (non-hydrogen) atoms. The van der Waals surface area contributed by atoms with E-state index in [1.165, 1.54) is 0 Å². The van der Waals surface area contributed by atoms with Crippen molar-refractivity contribution in [2.75, 3.05) is 32.6 Å². The number of likely N-dealkylation sites (N-methyl/N-ethyl adjacent to an activating group) is 1. The number of rotatable bonds is 7. The average Bonchev–Trinajstić information content (AvgIpc) is 2.66. The maximum absolute atomic E-state index is 12.5. The predicted molar refractivity (Wildman–Crippen MR) is 108 cm³/mol. The molecule has 0 saturated carbocycles. The summed E-state index contributed by atoms with van der Waals surface area (Å²) in [5.74, 6) is -0.644. The van der Waals surface area contributed by atoms with Crippen molar-refractivity contribution in [1.29, 1.82) is 0 Å². The largest absolute Gasteiger partial charge is 0.455 e. The van der Waals surface area contributed by atoms with Crippen LogP contribution in [-0.2, 0) is 26.3 Å². The quantitative estimate of drug-likeness (QED) is 0.704. The molecule has 5 heteroatoms. The fourth-order valence-electron chi connectivity index (χ4n) is 2.65. The van der Waals surface area contributed by atoms with Gasteiger partial charge in [0.1, 0.15) is 0 Å². The van der Waals surface area contributed by atoms with Crippen molar-refractivity contribution in [3.8, 4) is 0 Å². The van der Waals surface area contributed by atoms with Crippen molar-refractivity contribution in [2.24, 2.45) is 0 Å². The lowest BCUT2D eigenvalue weighted by atomic mass is 9.85. The number of hydrogen-bond donors (Lipinski definition) is 0. The van der Waals surface area contributed by atoms with Crippen molar-refractivity contribution in [3.05, 3.63) is 65.7 Å². The van der Waals surface area contributed by atoms with E-state index >= 15 is 0 Å². The Balaban J connectivity index is 1.89. The number of benzene rings is 2. The highest BCUT2D eigenvalue weighted by Gasteiger charge is 2.32. The molecule has 5 nitrogen and oxygen atoms in total. The Morgan fingerprint density at radius 3 is 2.07 bits per heavy atom. The molecule has 1 amide bonds. The van der Waals surface area contributed by atoms with Crippen molar-refractivity contribution in [1.82, 2.24) is 4.90 Å². The van der Waals surface area contributed by atoms with Crippen molar-refractivity contribution >= 4 is 17.6 Å². The van der Waals surface area contributed by atoms with E-state index < -0.39 is 11.4 Å². The molecule has 0 aromatic heterocycles. The Hall–Kier alpha value is -2.82. The van der Waals surface area contributed by atoms with Gasteiger partial charge in [0, 0.05) is 33.4 Å². The van der Waals surface area contributed by atoms with Gasteiger partial charge in [-0.25, -0.2) is 0 Å². The topological polar surface area (TPSA) is 49.9 Å². The summed E-state index contributed by atoms with van der Waals surface area (Å²) in [6, 6.07) is 17.4. The van der Waals surface area contributed by atoms with Crippen molar-refractivity contribution < 1.29 is 14.3 Å². The lowest BCUT2D eigenvalue weighted by Gasteiger charge is -2.24. The van der Waals surface area contributed by atoms with Crippen LogP contribution in [0.2, 0.25) is 0 Å². The molecule has 0 unspecified atom stereocenters. The summed E-state index contributed by atoms with van der Waals surface area (Å²) in [6.45, 7) is 3.80. The lowest BCUT2D eigenvalue weighted by molar-refractivity contribution is -0.155. The number of hydrogen-bond acceptors (Lipinski definition) is 4. The first-order chi connectivity index (χ1) is 12.7. The summed E-state index contributed by atoms with van der Waals surface area (Å²) in [5.41, 5.74) is 2.18. The summed E-state index contributed by atoms with van der Waals surface area (Å²) in [7, 11) is 5.67. The molecule has 0 aliphatic heterocycles. The summed E-state index contributed by atoms with van der Waals surface area (Å²) < 4.78 is 5.30. The van der Waals surface area contributed by atoms with Crippen LogP contribution in [0.3, 0.4) is 0 Å². The Labute approximate surface area is 161 Å². The highest BCUT2D eigenvalue weighted by atomic mass is 16.5. The lowest BCUT2D eigenvalue weighted by Crippen LogP contribution is -2.36. The zero-order chi connectivity index (χ0) is 20.0. The standard InChI is InChI=1S/C22H28N2O3/c1-22(2,18-9-7-6-8-10-18)21(26)27-16-20(25)24(5)15-17-11-13-19(14-12-17)23(3)4/h6-14H,15-16H2,1-5H3. The molecule has 0 bridgehead atoms. The monoisotopic (exact) mass is 368 g/mol. The van der Waals surface area contributed by atoms with Gasteiger partial charge in [0.05, 0.1) is 5.41 Å². The Morgan fingerprint density at radius 2 is 1.52 bits per heavy atom. The molecule has 0 saturated heterocycles. The predicted octanol–water partition coefficient (Wildman–Crippen LogP) is 3.23. The van der Waals surface area contributed by atoms with E-state index in [-0.39, 0.29) is 12.5 Å². The van der Waals surface area contributed by atoms with Gasteiger partial charge in [-0.15, -0.1) is 0 Å². The summed E-state index contributed by atoms with van der Waals surface area (Å²) >= 11 is 0. The van der Waals surface area contributed by atoms with Crippen LogP contribution in [0.4, 0.5) is 5.69 Å². The minimum atomic E-state index is -0.803. The fraction of sp³-hybridized carbons (Fsp3) is 0.364. The summed E-state index contributed by atoms with van der Waals surface area (Å²) in [5, 5.41) is 0. The van der Waals surface area contributed by atoms with Crippen LogP contribution in [0, 0.1) is 0 Å². The SMILES string of the molecule is CN(Cc1ccc(N(C)C)cc1)C(=O)COC(=O)C(C)(C)c1ccccc1. The van der Waals surface area contributed by atoms with Gasteiger partial charge in [-0.2, -0.15) is 0 Å². The zero-order valence-corrected chi connectivity index (χ0v) is 16.7. The van der Waals surface area contributed by atoms with Crippen molar-refractivity contribution in [3.63, 3.8) is 0 Å². The summed E-state index contributed by atoms with van der Waals surface area (Å²) in [4.78, 5) is 28.4. The average molecular weight is 368 g/mol. The molecule has 0 atom stereocenters. The second kappa shape index (κ2) is 8.71. The van der Waals surface area contributed by atoms with Crippen LogP contribution in [0.15, 0.2) is 54.6 Å². The molecule has 2 aromatic carbocycles. The Kier molecular flexibility index (Phi) is 6.61. The minimum absolute atomic E-state index is 0.233. The maximum Gasteiger partial charge on any atom is 0.316 e. The second-order valence-electron chi connectivity index (χ2n) is 7.38. The summed E-state index contributed by atoms with van der Waals surface area (Å²) in [6.07, 6.45) is 0. The molecule has 0 radical (unpaired) electrons. The van der Waals surface area contributed by atoms with E-state index in [9.17, 15) is 9.59 Å². The molecule has 0 aliphatic rings. The molecule has 144 valence electrons. The van der Waals surface area contributed by atoms with E-state index in [2.05, 4.69) is 0 Å². The second-order valence-corrected chi connectivity index (χ2v) is 7.38. The molecule has 2 rings (SSSR count). The number of carbonyl (C=O) groups excluding carboxylic acids is 2. The molecule has 0 N–H and O–H groups in total. The first-order valence-corrected chi connectivity index (χ1v) is 8.95. The third kappa shape index (κ3) is 5.33. The van der Waals surface area contributed by atoms with Gasteiger partial charge >= 0.3 is 5.97 Å². The van der Waals surface area contributed by atoms with Crippen LogP contribution in [0.1, 0.15) is 25.0 Å². The highest BCUT2D eigenvalue weighted by Crippen LogP contribution is 2.24. The van der Waals surface area contributed by atoms with Gasteiger partial charge < -0.3 is 14.5 Å². The minimum Gasteiger partial charge on any atom is -0.455 e. The molecular weight excluding hydrogens is 340 g/mol. The first kappa shape index (κ1) is 20.5. The molecule has 2 aromatic rings. The number of nitrogens with zero attached hydrogens (tertiary/aromatic N) is 2. The van der Waals surface area contributed by atoms with E-state index in [0.717, 1.165) is 16.8 Å². The number of amides is 1. The Morgan fingerprint density at radius 1 is 0.926 bits per heavy atom. The highest BCUT2D eigenvalue weighted by molar-refractivity contribution is 5.85. The Bertz CT molecular complexity index is 768. The van der Waals surface area contributed by atoms with Gasteiger partial charge in [0.25, 0.3) is 5.91 Å². The van der Waals surface area contributed by atoms with E-state index in [4.69, 9.17) is 4.74 Å². The van der Waals surface area contributed by atoms with E-state index in [1.807, 2.05) is 73.6 Å². The van der Waals surface area contributed by atoms with Crippen LogP contribution in [0.25, 0.3) is 0 Å². The fourth-order valence-corrected chi connectivity index (χ4v) is 2.65. The number of ether oxygens (including phenoxy) is 1. The van der Waals surface area contributed by atoms with Crippen LogP contribution < -0.4 is 4.90 Å². The third-order valence-corrected chi connectivity index (χ3v) is 4.63. The van der Waals surface area contributed by atoms with Crippen LogP contribution >= 0.6 is 0 Å². The molecule has 0 fully saturated rings. The van der Waals surface area contributed by atoms with Gasteiger partial charge in [0.15, 0.2) is 6.61 Å². The number of anilines is 1. The smallest absolute Gasteiger partial charge is 0.316 e. The number of esters is 1.